The molecule has 0 saturated carbocycles. The molecule has 182 valence electrons. The number of unbranched alkanes of at least 4 members (excludes halogenated alkanes) is 2. The highest BCUT2D eigenvalue weighted by atomic mass is 16.5. The van der Waals surface area contributed by atoms with Crippen LogP contribution >= 0.6 is 0 Å². The summed E-state index contributed by atoms with van der Waals surface area (Å²) in [5.74, 6) is 5.98. The summed E-state index contributed by atoms with van der Waals surface area (Å²) in [7, 11) is 1.35. The van der Waals surface area contributed by atoms with Crippen LogP contribution in [-0.2, 0) is 9.53 Å². The number of methoxy groups -OCH3 is 1. The van der Waals surface area contributed by atoms with Crippen molar-refractivity contribution in [1.82, 2.24) is 5.01 Å². The molecule has 7 heteroatoms. The van der Waals surface area contributed by atoms with Crippen LogP contribution in [0.4, 0.5) is 5.69 Å². The van der Waals surface area contributed by atoms with E-state index >= 15 is 0 Å². The summed E-state index contributed by atoms with van der Waals surface area (Å²) in [6.45, 7) is 14.3. The van der Waals surface area contributed by atoms with Gasteiger partial charge in [-0.15, -0.1) is 0 Å². The number of nitrogens with two attached hydrogens (primary N) is 2. The third kappa shape index (κ3) is 7.86. The Balaban J connectivity index is 0.00000227. The molecule has 32 heavy (non-hydrogen) atoms. The van der Waals surface area contributed by atoms with E-state index in [1.807, 2.05) is 34.6 Å². The molecule has 2 rings (SSSR count). The molecule has 0 aliphatic carbocycles. The van der Waals surface area contributed by atoms with Crippen molar-refractivity contribution in [3.63, 3.8) is 0 Å². The first-order valence-electron chi connectivity index (χ1n) is 11.8. The number of benzene rings is 1. The molecule has 1 aromatic carbocycles. The number of anilines is 1. The maximum atomic E-state index is 12.1. The number of nitrogens with zero attached hydrogens (tertiary/aromatic N) is 2. The molecule has 0 fully saturated rings. The van der Waals surface area contributed by atoms with Crippen LogP contribution in [0.2, 0.25) is 0 Å². The second kappa shape index (κ2) is 15.3. The van der Waals surface area contributed by atoms with E-state index in [1.54, 1.807) is 34.3 Å². The summed E-state index contributed by atoms with van der Waals surface area (Å²) < 4.78 is 4.85. The Kier molecular flexibility index (Phi) is 14.1. The number of hydrogen-bond donors (Lipinski definition) is 2. The molecule has 1 aliphatic rings. The monoisotopic (exact) mass is 448 g/mol. The van der Waals surface area contributed by atoms with E-state index in [4.69, 9.17) is 16.3 Å². The van der Waals surface area contributed by atoms with Crippen molar-refractivity contribution in [2.75, 3.05) is 18.6 Å². The Morgan fingerprint density at radius 3 is 2.38 bits per heavy atom. The van der Waals surface area contributed by atoms with E-state index < -0.39 is 5.97 Å². The van der Waals surface area contributed by atoms with Crippen molar-refractivity contribution in [3.8, 4) is 0 Å². The largest absolute Gasteiger partial charge is 0.465 e. The van der Waals surface area contributed by atoms with Crippen molar-refractivity contribution in [3.05, 3.63) is 41.2 Å². The Labute approximate surface area is 194 Å². The maximum Gasteiger partial charge on any atom is 0.337 e. The van der Waals surface area contributed by atoms with E-state index in [2.05, 4.69) is 6.92 Å². The molecule has 1 aliphatic heterocycles. The second-order valence-electron chi connectivity index (χ2n) is 7.43. The minimum absolute atomic E-state index is 0.0458. The average molecular weight is 449 g/mol. The van der Waals surface area contributed by atoms with Gasteiger partial charge in [-0.25, -0.2) is 10.6 Å². The minimum Gasteiger partial charge on any atom is -0.465 e. The molecule has 0 aromatic heterocycles. The zero-order chi connectivity index (χ0) is 24.8. The molecule has 4 N–H and O–H groups in total. The van der Waals surface area contributed by atoms with E-state index in [1.165, 1.54) is 14.0 Å². The number of hydrogen-bond acceptors (Lipinski definition) is 6. The van der Waals surface area contributed by atoms with Crippen LogP contribution in [-0.4, -0.2) is 30.5 Å². The number of rotatable bonds is 7. The third-order valence-corrected chi connectivity index (χ3v) is 5.15. The van der Waals surface area contributed by atoms with Gasteiger partial charge >= 0.3 is 5.97 Å². The van der Waals surface area contributed by atoms with Crippen LogP contribution in [0.3, 0.4) is 0 Å². The molecule has 0 radical (unpaired) electrons. The van der Waals surface area contributed by atoms with Gasteiger partial charge in [-0.05, 0) is 31.0 Å². The van der Waals surface area contributed by atoms with Gasteiger partial charge in [0.1, 0.15) is 0 Å². The third-order valence-electron chi connectivity index (χ3n) is 5.15. The Bertz CT molecular complexity index is 749. The number of carbonyl (C=O) groups excluding carboxylic acids is 2. The van der Waals surface area contributed by atoms with Crippen molar-refractivity contribution in [2.45, 2.75) is 80.2 Å². The predicted molar refractivity (Wildman–Crippen MR) is 133 cm³/mol. The number of carbonyl (C=O) groups is 2. The summed E-state index contributed by atoms with van der Waals surface area (Å²) in [5.41, 5.74) is 8.89. The minimum atomic E-state index is -0.424. The molecule has 0 saturated heterocycles. The van der Waals surface area contributed by atoms with Crippen molar-refractivity contribution >= 4 is 17.6 Å². The van der Waals surface area contributed by atoms with Gasteiger partial charge in [-0.3, -0.25) is 4.79 Å². The van der Waals surface area contributed by atoms with Crippen LogP contribution in [0, 0.1) is 5.92 Å². The van der Waals surface area contributed by atoms with Crippen molar-refractivity contribution < 1.29 is 14.3 Å². The highest BCUT2D eigenvalue weighted by Crippen LogP contribution is 2.40. The molecule has 1 unspecified atom stereocenters. The lowest BCUT2D eigenvalue weighted by Crippen LogP contribution is -2.46. The van der Waals surface area contributed by atoms with Crippen molar-refractivity contribution in [2.24, 2.45) is 17.5 Å². The molecule has 1 aromatic rings. The normalized spacial score (nSPS) is 17.2. The Morgan fingerprint density at radius 2 is 1.84 bits per heavy atom. The van der Waals surface area contributed by atoms with E-state index in [-0.39, 0.29) is 17.9 Å². The van der Waals surface area contributed by atoms with Crippen LogP contribution in [0.25, 0.3) is 0 Å². The van der Waals surface area contributed by atoms with Crippen LogP contribution in [0.1, 0.15) is 96.1 Å². The standard InChI is InChI=1S/C21H32N4O3.2C2H6/c1-5-6-7-8-17(22)13-25(23)20-14(2)12-24(15(3)26)19-10-9-16(11-18(19)20)21(27)28-4;2*1-2/h9-11,13-14,20H,5-8,12,22-23H2,1-4H3;2*1-2H3/b17-13-;;/t14-,20?;;/m1../s1. The first kappa shape index (κ1) is 29.5. The number of hydrazine groups is 1. The SMILES string of the molecule is CC.CC.CCCCC/C(N)=C/N(N)C1c2cc(C(=O)OC)ccc2N(C(C)=O)C[C@H]1C. The van der Waals surface area contributed by atoms with Crippen LogP contribution < -0.4 is 16.5 Å². The smallest absolute Gasteiger partial charge is 0.337 e. The predicted octanol–water partition coefficient (Wildman–Crippen LogP) is 5.13. The van der Waals surface area contributed by atoms with Crippen molar-refractivity contribution in [1.29, 1.82) is 0 Å². The van der Waals surface area contributed by atoms with Gasteiger partial charge in [0.15, 0.2) is 0 Å². The number of esters is 1. The average Bonchev–Trinajstić information content (AvgIpc) is 2.80. The van der Waals surface area contributed by atoms with Crippen LogP contribution in [0.15, 0.2) is 30.1 Å². The molecule has 1 heterocycles. The van der Waals surface area contributed by atoms with E-state index in [0.29, 0.717) is 12.1 Å². The fourth-order valence-electron chi connectivity index (χ4n) is 3.74. The molecule has 1 amide bonds. The van der Waals surface area contributed by atoms with Gasteiger partial charge in [0.2, 0.25) is 5.91 Å². The first-order chi connectivity index (χ1) is 15.3. The molecular weight excluding hydrogens is 404 g/mol. The Hall–Kier alpha value is -2.54. The zero-order valence-corrected chi connectivity index (χ0v) is 21.3. The highest BCUT2D eigenvalue weighted by Gasteiger charge is 2.35. The van der Waals surface area contributed by atoms with Gasteiger partial charge in [0.25, 0.3) is 0 Å². The Morgan fingerprint density at radius 1 is 1.22 bits per heavy atom. The van der Waals surface area contributed by atoms with E-state index in [0.717, 1.165) is 42.6 Å². The molecule has 7 nitrogen and oxygen atoms in total. The fourth-order valence-corrected chi connectivity index (χ4v) is 3.74. The summed E-state index contributed by atoms with van der Waals surface area (Å²) in [6.07, 6.45) is 5.84. The van der Waals surface area contributed by atoms with E-state index in [9.17, 15) is 9.59 Å². The van der Waals surface area contributed by atoms with Gasteiger partial charge in [-0.1, -0.05) is 54.4 Å². The van der Waals surface area contributed by atoms with Gasteiger partial charge in [-0.2, -0.15) is 0 Å². The number of amides is 1. The fraction of sp³-hybridized carbons (Fsp3) is 0.600. The topological polar surface area (TPSA) is 102 Å². The van der Waals surface area contributed by atoms with Gasteiger partial charge < -0.3 is 20.4 Å². The first-order valence-corrected chi connectivity index (χ1v) is 11.8. The second-order valence-corrected chi connectivity index (χ2v) is 7.43. The number of ether oxygens (including phenoxy) is 1. The molecule has 0 spiro atoms. The number of allylic oxidation sites excluding steroid dienone is 1. The summed E-state index contributed by atoms with van der Waals surface area (Å²) in [4.78, 5) is 25.9. The summed E-state index contributed by atoms with van der Waals surface area (Å²) >= 11 is 0. The van der Waals surface area contributed by atoms with Gasteiger partial charge in [0, 0.05) is 42.5 Å². The summed E-state index contributed by atoms with van der Waals surface area (Å²) in [5, 5.41) is 1.61. The lowest BCUT2D eigenvalue weighted by Gasteiger charge is -2.42. The molecule has 2 atom stereocenters. The highest BCUT2D eigenvalue weighted by molar-refractivity contribution is 5.95. The quantitative estimate of drug-likeness (QED) is 0.260. The number of fused-ring (bicyclic) bond motifs is 1. The lowest BCUT2D eigenvalue weighted by atomic mass is 9.86. The molecule has 0 bridgehead atoms. The maximum absolute atomic E-state index is 12.1. The molecular formula is C25H44N4O3. The van der Waals surface area contributed by atoms with Gasteiger partial charge in [0.05, 0.1) is 18.7 Å². The lowest BCUT2D eigenvalue weighted by molar-refractivity contribution is -0.116. The zero-order valence-electron chi connectivity index (χ0n) is 21.3. The summed E-state index contributed by atoms with van der Waals surface area (Å²) in [6, 6.07) is 5.01. The van der Waals surface area contributed by atoms with Crippen LogP contribution in [0.5, 0.6) is 0 Å².